The zero-order valence-electron chi connectivity index (χ0n) is 25.6. The van der Waals surface area contributed by atoms with Crippen LogP contribution in [-0.2, 0) is 9.53 Å². The summed E-state index contributed by atoms with van der Waals surface area (Å²) in [5.41, 5.74) is 8.18. The molecule has 5 rings (SSSR count). The molecule has 0 saturated carbocycles. The maximum Gasteiger partial charge on any atom is 0.266 e. The largest absolute Gasteiger partial charge is 0.480 e. The highest BCUT2D eigenvalue weighted by Crippen LogP contribution is 2.39. The van der Waals surface area contributed by atoms with Crippen LogP contribution in [0.2, 0.25) is 0 Å². The Morgan fingerprint density at radius 2 is 1.86 bits per heavy atom. The monoisotopic (exact) mass is 588 g/mol. The summed E-state index contributed by atoms with van der Waals surface area (Å²) in [4.78, 5) is 42.4. The molecule has 0 unspecified atom stereocenters. The quantitative estimate of drug-likeness (QED) is 0.337. The lowest BCUT2D eigenvalue weighted by Crippen LogP contribution is -2.61. The number of methoxy groups -OCH3 is 1. The predicted octanol–water partition coefficient (Wildman–Crippen LogP) is 3.82. The van der Waals surface area contributed by atoms with Gasteiger partial charge in [-0.2, -0.15) is 4.98 Å². The lowest BCUT2D eigenvalue weighted by Gasteiger charge is -2.53. The number of likely N-dealkylation sites (tertiary alicyclic amines) is 1. The second-order valence-corrected chi connectivity index (χ2v) is 12.3. The first kappa shape index (κ1) is 30.2. The smallest absolute Gasteiger partial charge is 0.266 e. The van der Waals surface area contributed by atoms with E-state index in [0.29, 0.717) is 36.5 Å². The van der Waals surface area contributed by atoms with Crippen molar-refractivity contribution in [2.75, 3.05) is 49.4 Å². The summed E-state index contributed by atoms with van der Waals surface area (Å²) in [6.45, 7) is 9.59. The molecule has 0 bridgehead atoms. The lowest BCUT2D eigenvalue weighted by molar-refractivity contribution is -0.121. The average Bonchev–Trinajstić information content (AvgIpc) is 2.95. The number of nitrogens with zero attached hydrogens (tertiary/aromatic N) is 5. The number of benzene rings is 1. The van der Waals surface area contributed by atoms with Crippen molar-refractivity contribution in [3.05, 3.63) is 48.3 Å². The fourth-order valence-corrected chi connectivity index (χ4v) is 6.01. The van der Waals surface area contributed by atoms with E-state index in [1.54, 1.807) is 18.2 Å². The minimum Gasteiger partial charge on any atom is -0.480 e. The molecule has 4 heterocycles. The highest BCUT2D eigenvalue weighted by molar-refractivity contribution is 5.98. The molecule has 0 radical (unpaired) electrons. The fourth-order valence-electron chi connectivity index (χ4n) is 6.01. The number of carbonyl (C=O) groups is 2. The van der Waals surface area contributed by atoms with E-state index < -0.39 is 5.91 Å². The number of pyridine rings is 1. The van der Waals surface area contributed by atoms with Gasteiger partial charge in [-0.05, 0) is 59.7 Å². The first-order chi connectivity index (χ1) is 20.4. The number of carbonyl (C=O) groups excluding carboxylic acids is 2. The molecule has 12 nitrogen and oxygen atoms in total. The summed E-state index contributed by atoms with van der Waals surface area (Å²) in [6.07, 6.45) is 4.88. The molecule has 2 aromatic heterocycles. The highest BCUT2D eigenvalue weighted by Gasteiger charge is 2.43. The van der Waals surface area contributed by atoms with Gasteiger partial charge < -0.3 is 25.8 Å². The van der Waals surface area contributed by atoms with E-state index in [0.717, 1.165) is 29.7 Å². The van der Waals surface area contributed by atoms with E-state index in [1.165, 1.54) is 6.20 Å². The Morgan fingerprint density at radius 1 is 1.14 bits per heavy atom. The van der Waals surface area contributed by atoms with Crippen LogP contribution in [0.4, 0.5) is 23.3 Å². The minimum atomic E-state index is -0.598. The van der Waals surface area contributed by atoms with E-state index >= 15 is 0 Å². The van der Waals surface area contributed by atoms with Gasteiger partial charge in [0.05, 0.1) is 18.7 Å². The number of hydrogen-bond acceptors (Lipinski definition) is 10. The molecule has 228 valence electrons. The van der Waals surface area contributed by atoms with Gasteiger partial charge in [-0.15, -0.1) is 0 Å². The van der Waals surface area contributed by atoms with Crippen molar-refractivity contribution in [3.63, 3.8) is 0 Å². The van der Waals surface area contributed by atoms with E-state index in [9.17, 15) is 9.59 Å². The number of nitrogens with two attached hydrogens (primary N) is 1. The predicted molar refractivity (Wildman–Crippen MR) is 166 cm³/mol. The second kappa shape index (κ2) is 11.8. The van der Waals surface area contributed by atoms with Crippen LogP contribution in [0, 0.1) is 0 Å². The lowest BCUT2D eigenvalue weighted by atomic mass is 9.77. The molecule has 0 spiro atoms. The SMILES string of the molecule is COCCN1C(=O)COc2cc(-c3ccccc3Nc3ncc(C(N)=O)c(NC4CC(C)(C)N(C)C(C)(C)C4)n3)cnc21. The van der Waals surface area contributed by atoms with E-state index in [4.69, 9.17) is 20.2 Å². The molecule has 0 aliphatic carbocycles. The van der Waals surface area contributed by atoms with E-state index in [-0.39, 0.29) is 35.2 Å². The van der Waals surface area contributed by atoms with Crippen molar-refractivity contribution >= 4 is 35.1 Å². The van der Waals surface area contributed by atoms with Crippen molar-refractivity contribution in [3.8, 4) is 16.9 Å². The zero-order chi connectivity index (χ0) is 30.9. The Balaban J connectivity index is 1.43. The number of primary amides is 1. The number of fused-ring (bicyclic) bond motifs is 1. The summed E-state index contributed by atoms with van der Waals surface area (Å²) in [7, 11) is 3.74. The number of aromatic nitrogens is 3. The van der Waals surface area contributed by atoms with Gasteiger partial charge in [-0.3, -0.25) is 19.4 Å². The normalized spacial score (nSPS) is 18.1. The van der Waals surface area contributed by atoms with Crippen molar-refractivity contribution in [2.24, 2.45) is 5.73 Å². The van der Waals surface area contributed by atoms with Crippen LogP contribution < -0.4 is 26.0 Å². The molecule has 12 heteroatoms. The Hall–Kier alpha value is -4.29. The summed E-state index contributed by atoms with van der Waals surface area (Å²) in [6, 6.07) is 9.61. The number of ether oxygens (including phenoxy) is 2. The van der Waals surface area contributed by atoms with Crippen LogP contribution in [-0.4, -0.2) is 82.7 Å². The number of para-hydroxylation sites is 1. The fraction of sp³-hybridized carbons (Fsp3) is 0.452. The number of nitrogens with one attached hydrogen (secondary N) is 2. The standard InChI is InChI=1S/C31H40N8O4/c1-30(2)14-20(15-31(3,4)38(30)5)35-27-22(26(32)41)17-34-29(37-27)36-23-10-8-7-9-21(23)19-13-24-28(33-16-19)39(11-12-42-6)25(40)18-43-24/h7-10,13,16-17,20H,11-12,14-15,18H2,1-6H3,(H2,32,41)(H2,34,35,36,37). The summed E-state index contributed by atoms with van der Waals surface area (Å²) < 4.78 is 10.9. The number of piperidine rings is 1. The molecule has 1 saturated heterocycles. The van der Waals surface area contributed by atoms with Crippen LogP contribution in [0.5, 0.6) is 5.75 Å². The summed E-state index contributed by atoms with van der Waals surface area (Å²) in [5, 5.41) is 6.81. The van der Waals surface area contributed by atoms with Gasteiger partial charge in [-0.1, -0.05) is 18.2 Å². The average molecular weight is 589 g/mol. The van der Waals surface area contributed by atoms with Gasteiger partial charge in [0.1, 0.15) is 5.82 Å². The maximum absolute atomic E-state index is 12.4. The van der Waals surface area contributed by atoms with Crippen LogP contribution >= 0.6 is 0 Å². The Morgan fingerprint density at radius 3 is 2.56 bits per heavy atom. The third-order valence-corrected chi connectivity index (χ3v) is 8.45. The first-order valence-corrected chi connectivity index (χ1v) is 14.4. The molecule has 0 atom stereocenters. The molecular formula is C31H40N8O4. The van der Waals surface area contributed by atoms with Crippen LogP contribution in [0.1, 0.15) is 50.9 Å². The molecule has 1 fully saturated rings. The number of amides is 2. The van der Waals surface area contributed by atoms with Crippen LogP contribution in [0.3, 0.4) is 0 Å². The molecule has 2 aliphatic heterocycles. The molecule has 43 heavy (non-hydrogen) atoms. The minimum absolute atomic E-state index is 0.0555. The van der Waals surface area contributed by atoms with E-state index in [2.05, 4.69) is 60.2 Å². The Labute approximate surface area is 252 Å². The molecule has 4 N–H and O–H groups in total. The third-order valence-electron chi connectivity index (χ3n) is 8.45. The first-order valence-electron chi connectivity index (χ1n) is 14.4. The summed E-state index contributed by atoms with van der Waals surface area (Å²) >= 11 is 0. The van der Waals surface area contributed by atoms with Gasteiger partial charge in [-0.25, -0.2) is 9.97 Å². The van der Waals surface area contributed by atoms with Gasteiger partial charge in [0.2, 0.25) is 5.95 Å². The Kier molecular flexibility index (Phi) is 8.26. The number of rotatable bonds is 9. The second-order valence-electron chi connectivity index (χ2n) is 12.3. The molecule has 1 aromatic carbocycles. The van der Waals surface area contributed by atoms with Gasteiger partial charge in [0, 0.05) is 53.4 Å². The van der Waals surface area contributed by atoms with Crippen molar-refractivity contribution in [1.29, 1.82) is 0 Å². The maximum atomic E-state index is 12.4. The van der Waals surface area contributed by atoms with Crippen LogP contribution in [0.25, 0.3) is 11.1 Å². The van der Waals surface area contributed by atoms with Crippen LogP contribution in [0.15, 0.2) is 42.7 Å². The van der Waals surface area contributed by atoms with Crippen molar-refractivity contribution < 1.29 is 19.1 Å². The zero-order valence-corrected chi connectivity index (χ0v) is 25.6. The van der Waals surface area contributed by atoms with Crippen molar-refractivity contribution in [1.82, 2.24) is 19.9 Å². The highest BCUT2D eigenvalue weighted by atomic mass is 16.5. The Bertz CT molecular complexity index is 1510. The van der Waals surface area contributed by atoms with E-state index in [1.807, 2.05) is 30.3 Å². The van der Waals surface area contributed by atoms with Gasteiger partial charge >= 0.3 is 0 Å². The summed E-state index contributed by atoms with van der Waals surface area (Å²) in [5.74, 6) is 0.918. The molecule has 2 amide bonds. The molecule has 3 aromatic rings. The van der Waals surface area contributed by atoms with Gasteiger partial charge in [0.25, 0.3) is 11.8 Å². The third kappa shape index (κ3) is 6.25. The van der Waals surface area contributed by atoms with Gasteiger partial charge in [0.15, 0.2) is 18.2 Å². The number of anilines is 4. The number of hydrogen-bond donors (Lipinski definition) is 3. The van der Waals surface area contributed by atoms with Crippen molar-refractivity contribution in [2.45, 2.75) is 57.7 Å². The molecular weight excluding hydrogens is 548 g/mol. The molecule has 2 aliphatic rings. The topological polar surface area (TPSA) is 148 Å².